The molecule has 8 nitrogen and oxygen atoms in total. The molecule has 0 aromatic carbocycles. The fraction of sp³-hybridized carbons (Fsp3) is 0.600. The smallest absolute Gasteiger partial charge is 0.327 e. The maximum Gasteiger partial charge on any atom is 0.327 e. The van der Waals surface area contributed by atoms with E-state index in [-0.39, 0.29) is 24.4 Å². The standard InChI is InChI=1S/C15H19N5O3/c1-2-19-14(22)11-8-18(5-6-20(11)15(19)23)13(21)10-7-16-17-12(10)9-3-4-9/h7,9,11H,2-6,8H2,1H3,(H,16,17). The molecule has 1 aromatic rings. The molecule has 8 heteroatoms. The van der Waals surface area contributed by atoms with Gasteiger partial charge in [-0.05, 0) is 19.8 Å². The van der Waals surface area contributed by atoms with E-state index in [9.17, 15) is 14.4 Å². The molecule has 3 fully saturated rings. The predicted octanol–water partition coefficient (Wildman–Crippen LogP) is 0.396. The van der Waals surface area contributed by atoms with E-state index in [1.807, 2.05) is 0 Å². The average Bonchev–Trinajstić information content (AvgIpc) is 3.24. The molecule has 1 atom stereocenters. The van der Waals surface area contributed by atoms with Crippen LogP contribution in [0.15, 0.2) is 6.20 Å². The first kappa shape index (κ1) is 14.2. The number of aromatic amines is 1. The Hall–Kier alpha value is -2.38. The summed E-state index contributed by atoms with van der Waals surface area (Å²) in [4.78, 5) is 41.8. The number of imide groups is 1. The van der Waals surface area contributed by atoms with Crippen molar-refractivity contribution in [3.63, 3.8) is 0 Å². The van der Waals surface area contributed by atoms with E-state index in [0.29, 0.717) is 31.1 Å². The Balaban J connectivity index is 1.53. The number of aromatic nitrogens is 2. The van der Waals surface area contributed by atoms with E-state index >= 15 is 0 Å². The Morgan fingerprint density at radius 1 is 1.35 bits per heavy atom. The Kier molecular flexibility index (Phi) is 3.14. The van der Waals surface area contributed by atoms with Crippen LogP contribution in [0, 0.1) is 0 Å². The van der Waals surface area contributed by atoms with Crippen LogP contribution in [0.5, 0.6) is 0 Å². The van der Waals surface area contributed by atoms with Crippen molar-refractivity contribution in [1.82, 2.24) is 24.9 Å². The molecule has 1 aromatic heterocycles. The van der Waals surface area contributed by atoms with Gasteiger partial charge in [0.1, 0.15) is 6.04 Å². The summed E-state index contributed by atoms with van der Waals surface area (Å²) in [7, 11) is 0. The monoisotopic (exact) mass is 317 g/mol. The minimum atomic E-state index is -0.545. The molecule has 3 aliphatic rings. The molecular formula is C15H19N5O3. The zero-order valence-corrected chi connectivity index (χ0v) is 13.0. The zero-order chi connectivity index (χ0) is 16.1. The van der Waals surface area contributed by atoms with Gasteiger partial charge in [-0.3, -0.25) is 19.6 Å². The molecule has 1 aliphatic carbocycles. The van der Waals surface area contributed by atoms with Gasteiger partial charge < -0.3 is 9.80 Å². The minimum Gasteiger partial charge on any atom is -0.334 e. The van der Waals surface area contributed by atoms with Gasteiger partial charge in [-0.2, -0.15) is 5.10 Å². The number of rotatable bonds is 3. The second-order valence-corrected chi connectivity index (χ2v) is 6.30. The first-order chi connectivity index (χ1) is 11.1. The lowest BCUT2D eigenvalue weighted by Crippen LogP contribution is -2.54. The Labute approximate surface area is 133 Å². The van der Waals surface area contributed by atoms with Gasteiger partial charge in [-0.1, -0.05) is 0 Å². The van der Waals surface area contributed by atoms with Crippen LogP contribution in [0.1, 0.15) is 41.7 Å². The van der Waals surface area contributed by atoms with Gasteiger partial charge in [-0.15, -0.1) is 0 Å². The van der Waals surface area contributed by atoms with E-state index in [1.165, 1.54) is 4.90 Å². The normalized spacial score (nSPS) is 24.4. The molecule has 23 heavy (non-hydrogen) atoms. The molecule has 4 rings (SSSR count). The number of H-pyrrole nitrogens is 1. The van der Waals surface area contributed by atoms with E-state index in [0.717, 1.165) is 18.5 Å². The van der Waals surface area contributed by atoms with Crippen molar-refractivity contribution >= 4 is 17.8 Å². The molecule has 0 radical (unpaired) electrons. The SMILES string of the molecule is CCN1C(=O)C2CN(C(=O)c3cn[nH]c3C3CC3)CCN2C1=O. The van der Waals surface area contributed by atoms with Crippen molar-refractivity contribution in [1.29, 1.82) is 0 Å². The number of carbonyl (C=O) groups is 3. The van der Waals surface area contributed by atoms with E-state index < -0.39 is 6.04 Å². The molecule has 1 saturated carbocycles. The topological polar surface area (TPSA) is 89.6 Å². The van der Waals surface area contributed by atoms with Crippen LogP contribution >= 0.6 is 0 Å². The maximum absolute atomic E-state index is 12.8. The predicted molar refractivity (Wildman–Crippen MR) is 79.7 cm³/mol. The quantitative estimate of drug-likeness (QED) is 0.817. The number of urea groups is 1. The third-order valence-electron chi connectivity index (χ3n) is 4.90. The summed E-state index contributed by atoms with van der Waals surface area (Å²) in [6.07, 6.45) is 3.73. The van der Waals surface area contributed by atoms with Crippen LogP contribution in [0.3, 0.4) is 0 Å². The Bertz CT molecular complexity index is 680. The maximum atomic E-state index is 12.8. The molecule has 122 valence electrons. The summed E-state index contributed by atoms with van der Waals surface area (Å²) in [5, 5.41) is 6.93. The number of piperazine rings is 1. The summed E-state index contributed by atoms with van der Waals surface area (Å²) in [6, 6.07) is -0.784. The average molecular weight is 317 g/mol. The van der Waals surface area contributed by atoms with Crippen molar-refractivity contribution in [2.24, 2.45) is 0 Å². The summed E-state index contributed by atoms with van der Waals surface area (Å²) in [5.41, 5.74) is 1.51. The summed E-state index contributed by atoms with van der Waals surface area (Å²) >= 11 is 0. The highest BCUT2D eigenvalue weighted by Gasteiger charge is 2.48. The molecule has 0 bridgehead atoms. The molecular weight excluding hydrogens is 298 g/mol. The van der Waals surface area contributed by atoms with Crippen LogP contribution in [-0.4, -0.2) is 75.0 Å². The highest BCUT2D eigenvalue weighted by atomic mass is 16.2. The zero-order valence-electron chi connectivity index (χ0n) is 13.0. The first-order valence-electron chi connectivity index (χ1n) is 8.06. The molecule has 2 aliphatic heterocycles. The van der Waals surface area contributed by atoms with Gasteiger partial charge >= 0.3 is 6.03 Å². The summed E-state index contributed by atoms with van der Waals surface area (Å²) in [5.74, 6) is 0.100. The van der Waals surface area contributed by atoms with Gasteiger partial charge in [0.15, 0.2) is 0 Å². The lowest BCUT2D eigenvalue weighted by molar-refractivity contribution is -0.129. The van der Waals surface area contributed by atoms with E-state index in [2.05, 4.69) is 10.2 Å². The number of hydrogen-bond acceptors (Lipinski definition) is 4. The molecule has 3 heterocycles. The van der Waals surface area contributed by atoms with Crippen molar-refractivity contribution in [3.8, 4) is 0 Å². The van der Waals surface area contributed by atoms with Crippen LogP contribution < -0.4 is 0 Å². The minimum absolute atomic E-state index is 0.101. The number of nitrogens with one attached hydrogen (secondary N) is 1. The number of fused-ring (bicyclic) bond motifs is 1. The summed E-state index contributed by atoms with van der Waals surface area (Å²) in [6.45, 7) is 3.25. The van der Waals surface area contributed by atoms with Gasteiger partial charge in [0, 0.05) is 25.6 Å². The third kappa shape index (κ3) is 2.12. The van der Waals surface area contributed by atoms with Crippen molar-refractivity contribution in [3.05, 3.63) is 17.5 Å². The second kappa shape index (κ2) is 5.07. The van der Waals surface area contributed by atoms with Crippen LogP contribution in [0.2, 0.25) is 0 Å². The third-order valence-corrected chi connectivity index (χ3v) is 4.90. The number of amides is 4. The fourth-order valence-electron chi connectivity index (χ4n) is 3.45. The van der Waals surface area contributed by atoms with Crippen molar-refractivity contribution in [2.75, 3.05) is 26.2 Å². The van der Waals surface area contributed by atoms with Gasteiger partial charge in [0.2, 0.25) is 0 Å². The number of carbonyl (C=O) groups excluding carboxylic acids is 3. The van der Waals surface area contributed by atoms with E-state index in [4.69, 9.17) is 0 Å². The van der Waals surface area contributed by atoms with Crippen molar-refractivity contribution in [2.45, 2.75) is 31.7 Å². The van der Waals surface area contributed by atoms with Crippen molar-refractivity contribution < 1.29 is 14.4 Å². The molecule has 0 spiro atoms. The number of hydrogen-bond donors (Lipinski definition) is 1. The fourth-order valence-corrected chi connectivity index (χ4v) is 3.45. The Morgan fingerprint density at radius 3 is 2.83 bits per heavy atom. The Morgan fingerprint density at radius 2 is 2.13 bits per heavy atom. The summed E-state index contributed by atoms with van der Waals surface area (Å²) < 4.78 is 0. The molecule has 2 saturated heterocycles. The van der Waals surface area contributed by atoms with Gasteiger partial charge in [-0.25, -0.2) is 4.79 Å². The molecule has 4 amide bonds. The van der Waals surface area contributed by atoms with Crippen LogP contribution in [0.25, 0.3) is 0 Å². The highest BCUT2D eigenvalue weighted by Crippen LogP contribution is 2.40. The molecule has 1 N–H and O–H groups in total. The number of likely N-dealkylation sites (N-methyl/N-ethyl adjacent to an activating group) is 1. The lowest BCUT2D eigenvalue weighted by Gasteiger charge is -2.35. The van der Waals surface area contributed by atoms with Gasteiger partial charge in [0.05, 0.1) is 24.0 Å². The molecule has 1 unspecified atom stereocenters. The second-order valence-electron chi connectivity index (χ2n) is 6.30. The van der Waals surface area contributed by atoms with Crippen LogP contribution in [-0.2, 0) is 4.79 Å². The number of nitrogens with zero attached hydrogens (tertiary/aromatic N) is 4. The van der Waals surface area contributed by atoms with Crippen LogP contribution in [0.4, 0.5) is 4.79 Å². The lowest BCUT2D eigenvalue weighted by atomic mass is 10.1. The van der Waals surface area contributed by atoms with Gasteiger partial charge in [0.25, 0.3) is 11.8 Å². The van der Waals surface area contributed by atoms with E-state index in [1.54, 1.807) is 22.9 Å². The largest absolute Gasteiger partial charge is 0.334 e. The first-order valence-corrected chi connectivity index (χ1v) is 8.06. The highest BCUT2D eigenvalue weighted by molar-refractivity contribution is 6.05.